The van der Waals surface area contributed by atoms with Gasteiger partial charge in [-0.15, -0.1) is 0 Å². The van der Waals surface area contributed by atoms with Gasteiger partial charge in [0.2, 0.25) is 0 Å². The lowest BCUT2D eigenvalue weighted by Crippen LogP contribution is -2.25. The molecule has 0 aliphatic carbocycles. The summed E-state index contributed by atoms with van der Waals surface area (Å²) in [4.78, 5) is 21.1. The maximum Gasteiger partial charge on any atom is 0.317 e. The van der Waals surface area contributed by atoms with Gasteiger partial charge in [-0.25, -0.2) is 4.21 Å². The molecule has 114 valence electrons. The molecular weight excluding hydrogens is 308 g/mol. The molecule has 2 unspecified atom stereocenters. The van der Waals surface area contributed by atoms with Gasteiger partial charge in [-0.1, -0.05) is 60.7 Å². The second-order valence-corrected chi connectivity index (χ2v) is 5.98. The summed E-state index contributed by atoms with van der Waals surface area (Å²) in [5, 5.41) is 19.3. The Bertz CT molecular complexity index is 633. The zero-order valence-electron chi connectivity index (χ0n) is 11.3. The van der Waals surface area contributed by atoms with Gasteiger partial charge < -0.3 is 0 Å². The zero-order valence-corrected chi connectivity index (χ0v) is 12.1. The number of rotatable bonds is 6. The van der Waals surface area contributed by atoms with Crippen molar-refractivity contribution >= 4 is 10.8 Å². The second kappa shape index (κ2) is 6.90. The maximum atomic E-state index is 12.6. The van der Waals surface area contributed by atoms with E-state index in [-0.39, 0.29) is 11.1 Å². The average molecular weight is 320 g/mol. The molecule has 2 aromatic carbocycles. The van der Waals surface area contributed by atoms with Crippen LogP contribution in [0.15, 0.2) is 60.7 Å². The van der Waals surface area contributed by atoms with E-state index in [9.17, 15) is 24.4 Å². The first-order chi connectivity index (χ1) is 10.5. The smallest absolute Gasteiger partial charge is 0.263 e. The molecule has 0 spiro atoms. The summed E-state index contributed by atoms with van der Waals surface area (Å²) in [5.74, 6) is 0. The minimum atomic E-state index is -2.36. The van der Waals surface area contributed by atoms with Gasteiger partial charge in [0, 0.05) is 21.0 Å². The first kappa shape index (κ1) is 15.8. The summed E-state index contributed by atoms with van der Waals surface area (Å²) in [6.45, 7) is 0. The monoisotopic (exact) mass is 320 g/mol. The summed E-state index contributed by atoms with van der Waals surface area (Å²) in [6, 6.07) is 15.3. The fourth-order valence-electron chi connectivity index (χ4n) is 2.04. The van der Waals surface area contributed by atoms with Crippen molar-refractivity contribution in [3.63, 3.8) is 0 Å². The van der Waals surface area contributed by atoms with Gasteiger partial charge in [0.1, 0.15) is 0 Å². The Morgan fingerprint density at radius 3 is 1.32 bits per heavy atom. The fourth-order valence-corrected chi connectivity index (χ4v) is 3.47. The highest BCUT2D eigenvalue weighted by Crippen LogP contribution is 2.31. The van der Waals surface area contributed by atoms with Crippen molar-refractivity contribution in [3.8, 4) is 0 Å². The molecule has 0 fully saturated rings. The number of benzene rings is 2. The molecular formula is C14H12N2O5S. The lowest BCUT2D eigenvalue weighted by molar-refractivity contribution is -0.516. The molecule has 0 radical (unpaired) electrons. The van der Waals surface area contributed by atoms with Gasteiger partial charge >= 0.3 is 10.7 Å². The summed E-state index contributed by atoms with van der Waals surface area (Å²) >= 11 is 0. The summed E-state index contributed by atoms with van der Waals surface area (Å²) in [6.07, 6.45) is 0. The highest BCUT2D eigenvalue weighted by molar-refractivity contribution is 7.85. The topological polar surface area (TPSA) is 103 Å². The van der Waals surface area contributed by atoms with Gasteiger partial charge in [-0.3, -0.25) is 20.2 Å². The van der Waals surface area contributed by atoms with Crippen LogP contribution in [-0.4, -0.2) is 14.1 Å². The molecule has 0 saturated carbocycles. The Kier molecular flexibility index (Phi) is 4.95. The van der Waals surface area contributed by atoms with Crippen LogP contribution in [0.25, 0.3) is 0 Å². The molecule has 2 aromatic rings. The molecule has 2 atom stereocenters. The number of hydrogen-bond acceptors (Lipinski definition) is 5. The van der Waals surface area contributed by atoms with E-state index in [0.717, 1.165) is 0 Å². The molecule has 22 heavy (non-hydrogen) atoms. The number of nitrogens with zero attached hydrogens (tertiary/aromatic N) is 2. The Morgan fingerprint density at radius 2 is 1.05 bits per heavy atom. The Hall–Kier alpha value is -2.61. The lowest BCUT2D eigenvalue weighted by Gasteiger charge is -2.13. The van der Waals surface area contributed by atoms with Crippen molar-refractivity contribution < 1.29 is 14.1 Å². The van der Waals surface area contributed by atoms with Crippen LogP contribution in [0.3, 0.4) is 0 Å². The van der Waals surface area contributed by atoms with Crippen LogP contribution in [-0.2, 0) is 10.8 Å². The van der Waals surface area contributed by atoms with Crippen molar-refractivity contribution in [2.75, 3.05) is 0 Å². The van der Waals surface area contributed by atoms with Crippen LogP contribution >= 0.6 is 0 Å². The molecule has 7 nitrogen and oxygen atoms in total. The third kappa shape index (κ3) is 3.34. The summed E-state index contributed by atoms with van der Waals surface area (Å²) < 4.78 is 12.6. The SMILES string of the molecule is O=[N+]([O-])C(c1ccccc1)S(=O)C(c1ccccc1)[N+](=O)[O-]. The molecule has 0 saturated heterocycles. The highest BCUT2D eigenvalue weighted by Gasteiger charge is 2.43. The van der Waals surface area contributed by atoms with Gasteiger partial charge in [0.15, 0.2) is 10.8 Å². The van der Waals surface area contributed by atoms with E-state index < -0.39 is 31.4 Å². The van der Waals surface area contributed by atoms with Crippen molar-refractivity contribution in [2.45, 2.75) is 10.7 Å². The van der Waals surface area contributed by atoms with E-state index in [1.807, 2.05) is 0 Å². The van der Waals surface area contributed by atoms with E-state index in [2.05, 4.69) is 0 Å². The number of nitro groups is 2. The first-order valence-electron chi connectivity index (χ1n) is 6.28. The Balaban J connectivity index is 2.45. The van der Waals surface area contributed by atoms with E-state index in [0.29, 0.717) is 0 Å². The molecule has 8 heteroatoms. The molecule has 0 heterocycles. The first-order valence-corrected chi connectivity index (χ1v) is 7.56. The molecule has 0 bridgehead atoms. The normalized spacial score (nSPS) is 14.7. The molecule has 2 rings (SSSR count). The van der Waals surface area contributed by atoms with Crippen LogP contribution in [0.5, 0.6) is 0 Å². The predicted molar refractivity (Wildman–Crippen MR) is 80.5 cm³/mol. The van der Waals surface area contributed by atoms with Crippen molar-refractivity contribution in [1.29, 1.82) is 0 Å². The minimum Gasteiger partial charge on any atom is -0.263 e. The van der Waals surface area contributed by atoms with Crippen molar-refractivity contribution in [2.24, 2.45) is 0 Å². The fraction of sp³-hybridized carbons (Fsp3) is 0.143. The van der Waals surface area contributed by atoms with Crippen LogP contribution < -0.4 is 0 Å². The van der Waals surface area contributed by atoms with Crippen molar-refractivity contribution in [3.05, 3.63) is 92.0 Å². The second-order valence-electron chi connectivity index (χ2n) is 4.43. The van der Waals surface area contributed by atoms with E-state index in [1.165, 1.54) is 24.3 Å². The predicted octanol–water partition coefficient (Wildman–Crippen LogP) is 2.69. The molecule has 0 aliphatic rings. The van der Waals surface area contributed by atoms with Crippen LogP contribution in [0.1, 0.15) is 21.9 Å². The van der Waals surface area contributed by atoms with E-state index >= 15 is 0 Å². The highest BCUT2D eigenvalue weighted by atomic mass is 32.2. The molecule has 0 aliphatic heterocycles. The standard InChI is InChI=1S/C14H12N2O5S/c17-15(18)13(11-7-3-1-4-8-11)22(21)14(16(19)20)12-9-5-2-6-10-12/h1-10,13-14H. The van der Waals surface area contributed by atoms with E-state index in [1.54, 1.807) is 36.4 Å². The summed E-state index contributed by atoms with van der Waals surface area (Å²) in [7, 11) is -2.36. The van der Waals surface area contributed by atoms with Crippen LogP contribution in [0.2, 0.25) is 0 Å². The van der Waals surface area contributed by atoms with Crippen LogP contribution in [0.4, 0.5) is 0 Å². The third-order valence-electron chi connectivity index (χ3n) is 2.99. The third-order valence-corrected chi connectivity index (χ3v) is 4.76. The van der Waals surface area contributed by atoms with Gasteiger partial charge in [0.05, 0.1) is 0 Å². The maximum absolute atomic E-state index is 12.6. The average Bonchev–Trinajstić information content (AvgIpc) is 2.49. The van der Waals surface area contributed by atoms with Gasteiger partial charge in [-0.05, 0) is 0 Å². The molecule has 0 N–H and O–H groups in total. The minimum absolute atomic E-state index is 0.175. The Morgan fingerprint density at radius 1 is 0.727 bits per heavy atom. The van der Waals surface area contributed by atoms with E-state index in [4.69, 9.17) is 0 Å². The van der Waals surface area contributed by atoms with Crippen molar-refractivity contribution in [1.82, 2.24) is 0 Å². The zero-order chi connectivity index (χ0) is 16.1. The van der Waals surface area contributed by atoms with Crippen LogP contribution in [0, 0.1) is 20.2 Å². The quantitative estimate of drug-likeness (QED) is 0.601. The Labute approximate surface area is 128 Å². The largest absolute Gasteiger partial charge is 0.317 e. The van der Waals surface area contributed by atoms with Gasteiger partial charge in [-0.2, -0.15) is 0 Å². The molecule has 0 aromatic heterocycles. The lowest BCUT2D eigenvalue weighted by atomic mass is 10.2. The molecule has 0 amide bonds. The van der Waals surface area contributed by atoms with Gasteiger partial charge in [0.25, 0.3) is 0 Å². The number of hydrogen-bond donors (Lipinski definition) is 0. The summed E-state index contributed by atoms with van der Waals surface area (Å²) in [5.41, 5.74) is 0.349.